The molecule has 1 aromatic carbocycles. The molecule has 0 saturated heterocycles. The monoisotopic (exact) mass is 351 g/mol. The van der Waals surface area contributed by atoms with Gasteiger partial charge in [-0.2, -0.15) is 0 Å². The topological polar surface area (TPSA) is 73.3 Å². The zero-order valence-corrected chi connectivity index (χ0v) is 14.4. The van der Waals surface area contributed by atoms with E-state index in [0.717, 1.165) is 10.1 Å². The molecule has 0 radical (unpaired) electrons. The van der Waals surface area contributed by atoms with Crippen molar-refractivity contribution >= 4 is 34.1 Å². The van der Waals surface area contributed by atoms with Crippen molar-refractivity contribution in [1.29, 1.82) is 0 Å². The molecule has 0 bridgehead atoms. The van der Waals surface area contributed by atoms with E-state index in [1.54, 1.807) is 17.8 Å². The number of thioether (sulfide) groups is 1. The summed E-state index contributed by atoms with van der Waals surface area (Å²) in [5, 5.41) is 11.3. The third-order valence-electron chi connectivity index (χ3n) is 2.98. The standard InChI is InChI=1S/C15H17N3O3S2/c1-9(2)8-22-15-18-17-14(23-15)16-13(19)12-7-20-10-5-3-4-6-11(10)21-12/h3-6,9,12H,7-8H2,1-2H3,(H,16,17,19)/t12-/m1/s1. The van der Waals surface area contributed by atoms with Gasteiger partial charge in [-0.05, 0) is 18.1 Å². The van der Waals surface area contributed by atoms with Gasteiger partial charge in [0.05, 0.1) is 0 Å². The Morgan fingerprint density at radius 2 is 2.17 bits per heavy atom. The Kier molecular flexibility index (Phi) is 5.02. The number of ether oxygens (including phenoxy) is 2. The fraction of sp³-hybridized carbons (Fsp3) is 0.400. The fourth-order valence-corrected chi connectivity index (χ4v) is 3.62. The van der Waals surface area contributed by atoms with Crippen molar-refractivity contribution in [1.82, 2.24) is 10.2 Å². The molecule has 0 saturated carbocycles. The zero-order valence-electron chi connectivity index (χ0n) is 12.8. The van der Waals surface area contributed by atoms with Crippen LogP contribution in [0.5, 0.6) is 11.5 Å². The molecular weight excluding hydrogens is 334 g/mol. The number of anilines is 1. The molecule has 1 aromatic heterocycles. The summed E-state index contributed by atoms with van der Waals surface area (Å²) in [5.41, 5.74) is 0. The molecule has 1 atom stereocenters. The summed E-state index contributed by atoms with van der Waals surface area (Å²) in [4.78, 5) is 12.3. The predicted molar refractivity (Wildman–Crippen MR) is 90.5 cm³/mol. The predicted octanol–water partition coefficient (Wildman–Crippen LogP) is 3.06. The number of carbonyl (C=O) groups is 1. The van der Waals surface area contributed by atoms with Gasteiger partial charge < -0.3 is 9.47 Å². The molecule has 0 spiro atoms. The first-order valence-corrected chi connectivity index (χ1v) is 9.07. The number of amides is 1. The molecule has 6 nitrogen and oxygen atoms in total. The first kappa shape index (κ1) is 16.1. The number of nitrogens with one attached hydrogen (secondary N) is 1. The highest BCUT2D eigenvalue weighted by Crippen LogP contribution is 2.31. The Labute approximate surface area is 142 Å². The maximum Gasteiger partial charge on any atom is 0.270 e. The maximum atomic E-state index is 12.3. The summed E-state index contributed by atoms with van der Waals surface area (Å²) in [5.74, 6) is 2.49. The Hall–Kier alpha value is -1.80. The molecule has 2 heterocycles. The molecule has 8 heteroatoms. The SMILES string of the molecule is CC(C)CSc1nnc(NC(=O)[C@H]2COc3ccccc3O2)s1. The smallest absolute Gasteiger partial charge is 0.270 e. The zero-order chi connectivity index (χ0) is 16.2. The molecule has 3 rings (SSSR count). The van der Waals surface area contributed by atoms with Crippen molar-refractivity contribution in [2.24, 2.45) is 5.92 Å². The summed E-state index contributed by atoms with van der Waals surface area (Å²) < 4.78 is 12.1. The highest BCUT2D eigenvalue weighted by Gasteiger charge is 2.28. The van der Waals surface area contributed by atoms with Crippen LogP contribution in [0.15, 0.2) is 28.6 Å². The van der Waals surface area contributed by atoms with Gasteiger partial charge in [-0.25, -0.2) is 0 Å². The minimum Gasteiger partial charge on any atom is -0.485 e. The number of aromatic nitrogens is 2. The van der Waals surface area contributed by atoms with Gasteiger partial charge in [0.2, 0.25) is 11.2 Å². The highest BCUT2D eigenvalue weighted by molar-refractivity contribution is 8.01. The van der Waals surface area contributed by atoms with E-state index in [9.17, 15) is 4.79 Å². The molecule has 0 fully saturated rings. The largest absolute Gasteiger partial charge is 0.485 e. The highest BCUT2D eigenvalue weighted by atomic mass is 32.2. The van der Waals surface area contributed by atoms with Gasteiger partial charge in [0.25, 0.3) is 5.91 Å². The first-order chi connectivity index (χ1) is 11.1. The molecule has 23 heavy (non-hydrogen) atoms. The van der Waals surface area contributed by atoms with Crippen LogP contribution in [-0.4, -0.2) is 34.6 Å². The third-order valence-corrected chi connectivity index (χ3v) is 5.38. The fourth-order valence-electron chi connectivity index (χ4n) is 1.89. The summed E-state index contributed by atoms with van der Waals surface area (Å²) in [6.07, 6.45) is -0.694. The van der Waals surface area contributed by atoms with E-state index in [1.165, 1.54) is 11.3 Å². The van der Waals surface area contributed by atoms with Crippen molar-refractivity contribution in [3.8, 4) is 11.5 Å². The Bertz CT molecular complexity index is 690. The van der Waals surface area contributed by atoms with Gasteiger partial charge >= 0.3 is 0 Å². The number of hydrogen-bond acceptors (Lipinski definition) is 7. The number of rotatable bonds is 5. The van der Waals surface area contributed by atoms with Crippen molar-refractivity contribution in [3.63, 3.8) is 0 Å². The van der Waals surface area contributed by atoms with E-state index >= 15 is 0 Å². The first-order valence-electron chi connectivity index (χ1n) is 7.27. The second-order valence-corrected chi connectivity index (χ2v) is 7.68. The van der Waals surface area contributed by atoms with E-state index in [1.807, 2.05) is 18.2 Å². The van der Waals surface area contributed by atoms with Crippen LogP contribution in [0.3, 0.4) is 0 Å². The van der Waals surface area contributed by atoms with Gasteiger partial charge in [0, 0.05) is 5.75 Å². The Morgan fingerprint density at radius 1 is 1.39 bits per heavy atom. The second kappa shape index (κ2) is 7.18. The number of carbonyl (C=O) groups excluding carboxylic acids is 1. The summed E-state index contributed by atoms with van der Waals surface area (Å²) in [6.45, 7) is 4.47. The van der Waals surface area contributed by atoms with Crippen LogP contribution in [0.1, 0.15) is 13.8 Å². The second-order valence-electron chi connectivity index (χ2n) is 5.43. The van der Waals surface area contributed by atoms with Gasteiger partial charge in [-0.15, -0.1) is 10.2 Å². The molecule has 1 N–H and O–H groups in total. The summed E-state index contributed by atoms with van der Waals surface area (Å²) >= 11 is 3.01. The quantitative estimate of drug-likeness (QED) is 0.659. The number of nitrogens with zero attached hydrogens (tertiary/aromatic N) is 2. The molecule has 0 aliphatic carbocycles. The van der Waals surface area contributed by atoms with E-state index in [2.05, 4.69) is 29.4 Å². The summed E-state index contributed by atoms with van der Waals surface area (Å²) in [6, 6.07) is 7.29. The molecular formula is C15H17N3O3S2. The van der Waals surface area contributed by atoms with Crippen molar-refractivity contribution < 1.29 is 14.3 Å². The Balaban J connectivity index is 1.58. The maximum absolute atomic E-state index is 12.3. The lowest BCUT2D eigenvalue weighted by atomic mass is 10.2. The molecule has 1 aliphatic heterocycles. The lowest BCUT2D eigenvalue weighted by molar-refractivity contribution is -0.125. The molecule has 2 aromatic rings. The lowest BCUT2D eigenvalue weighted by Gasteiger charge is -2.25. The summed E-state index contributed by atoms with van der Waals surface area (Å²) in [7, 11) is 0. The average Bonchev–Trinajstić information content (AvgIpc) is 3.00. The lowest BCUT2D eigenvalue weighted by Crippen LogP contribution is -2.40. The number of hydrogen-bond donors (Lipinski definition) is 1. The van der Waals surface area contributed by atoms with Crippen LogP contribution < -0.4 is 14.8 Å². The Morgan fingerprint density at radius 3 is 2.96 bits per heavy atom. The van der Waals surface area contributed by atoms with Crippen LogP contribution >= 0.6 is 23.1 Å². The van der Waals surface area contributed by atoms with E-state index in [-0.39, 0.29) is 12.5 Å². The molecule has 0 unspecified atom stereocenters. The minimum absolute atomic E-state index is 0.177. The van der Waals surface area contributed by atoms with E-state index < -0.39 is 6.10 Å². The van der Waals surface area contributed by atoms with Gasteiger partial charge in [0.1, 0.15) is 6.61 Å². The van der Waals surface area contributed by atoms with Gasteiger partial charge in [0.15, 0.2) is 15.8 Å². The number of para-hydroxylation sites is 2. The third kappa shape index (κ3) is 4.14. The minimum atomic E-state index is -0.694. The van der Waals surface area contributed by atoms with E-state index in [0.29, 0.717) is 22.5 Å². The van der Waals surface area contributed by atoms with Gasteiger partial charge in [-0.1, -0.05) is 49.1 Å². The number of fused-ring (bicyclic) bond motifs is 1. The molecule has 1 aliphatic rings. The molecule has 122 valence electrons. The van der Waals surface area contributed by atoms with Gasteiger partial charge in [-0.3, -0.25) is 10.1 Å². The van der Waals surface area contributed by atoms with Crippen molar-refractivity contribution in [3.05, 3.63) is 24.3 Å². The van der Waals surface area contributed by atoms with Crippen LogP contribution in [-0.2, 0) is 4.79 Å². The normalized spacial score (nSPS) is 16.4. The van der Waals surface area contributed by atoms with Crippen LogP contribution in [0.4, 0.5) is 5.13 Å². The van der Waals surface area contributed by atoms with Crippen LogP contribution in [0.25, 0.3) is 0 Å². The van der Waals surface area contributed by atoms with Crippen molar-refractivity contribution in [2.75, 3.05) is 17.7 Å². The number of benzene rings is 1. The average molecular weight is 351 g/mol. The van der Waals surface area contributed by atoms with Crippen LogP contribution in [0.2, 0.25) is 0 Å². The van der Waals surface area contributed by atoms with Crippen LogP contribution in [0, 0.1) is 5.92 Å². The molecule has 1 amide bonds. The van der Waals surface area contributed by atoms with Crippen molar-refractivity contribution in [2.45, 2.75) is 24.3 Å². The van der Waals surface area contributed by atoms with E-state index in [4.69, 9.17) is 9.47 Å².